The molecule has 2 unspecified atom stereocenters. The maximum Gasteiger partial charge on any atom is 0.195 e. The van der Waals surface area contributed by atoms with E-state index in [4.69, 9.17) is 5.73 Å². The van der Waals surface area contributed by atoms with E-state index in [1.807, 2.05) is 0 Å². The monoisotopic (exact) mass is 194 g/mol. The van der Waals surface area contributed by atoms with Crippen molar-refractivity contribution in [2.45, 2.75) is 30.8 Å². The molecular formula is C8H14N6. The van der Waals surface area contributed by atoms with Gasteiger partial charge < -0.3 is 5.73 Å². The molecule has 0 amide bonds. The summed E-state index contributed by atoms with van der Waals surface area (Å²) in [5.74, 6) is 0.673. The minimum Gasteiger partial charge on any atom is -0.317 e. The van der Waals surface area contributed by atoms with Crippen molar-refractivity contribution in [2.24, 2.45) is 5.73 Å². The molecule has 0 aromatic carbocycles. The van der Waals surface area contributed by atoms with Gasteiger partial charge >= 0.3 is 0 Å². The van der Waals surface area contributed by atoms with Crippen LogP contribution in [0.4, 0.5) is 0 Å². The summed E-state index contributed by atoms with van der Waals surface area (Å²) >= 11 is 0. The van der Waals surface area contributed by atoms with Crippen LogP contribution < -0.4 is 5.73 Å². The summed E-state index contributed by atoms with van der Waals surface area (Å²) in [7, 11) is 0. The number of nitrogens with one attached hydrogen (secondary N) is 1. The lowest BCUT2D eigenvalue weighted by atomic mass is 9.89. The van der Waals surface area contributed by atoms with E-state index in [0.29, 0.717) is 11.9 Å². The summed E-state index contributed by atoms with van der Waals surface area (Å²) in [5.41, 5.74) is 6.01. The molecule has 1 aromatic heterocycles. The van der Waals surface area contributed by atoms with Crippen molar-refractivity contribution in [3.8, 4) is 0 Å². The zero-order chi connectivity index (χ0) is 9.60. The second-order valence-corrected chi connectivity index (χ2v) is 4.22. The van der Waals surface area contributed by atoms with Crippen LogP contribution in [0.2, 0.25) is 0 Å². The van der Waals surface area contributed by atoms with Gasteiger partial charge in [-0.15, -0.1) is 10.2 Å². The molecule has 0 saturated carbocycles. The minimum absolute atomic E-state index is 0.372. The van der Waals surface area contributed by atoms with Crippen LogP contribution in [0.15, 0.2) is 0 Å². The first kappa shape index (κ1) is 8.31. The molecular weight excluding hydrogens is 180 g/mol. The molecule has 0 aliphatic carbocycles. The summed E-state index contributed by atoms with van der Waals surface area (Å²) in [6, 6.07) is 0.417. The molecule has 1 aromatic rings. The molecule has 0 radical (unpaired) electrons. The van der Waals surface area contributed by atoms with Gasteiger partial charge in [0.1, 0.15) is 0 Å². The summed E-state index contributed by atoms with van der Waals surface area (Å²) < 4.78 is 0. The van der Waals surface area contributed by atoms with Crippen LogP contribution in [0.3, 0.4) is 0 Å². The Kier molecular flexibility index (Phi) is 1.63. The Hall–Kier alpha value is -1.01. The van der Waals surface area contributed by atoms with E-state index >= 15 is 0 Å². The lowest BCUT2D eigenvalue weighted by Gasteiger charge is -2.27. The van der Waals surface area contributed by atoms with Crippen molar-refractivity contribution in [3.63, 3.8) is 0 Å². The van der Waals surface area contributed by atoms with Gasteiger partial charge in [0.05, 0.1) is 5.54 Å². The van der Waals surface area contributed by atoms with Crippen LogP contribution in [0.1, 0.15) is 25.1 Å². The quantitative estimate of drug-likeness (QED) is 0.613. The summed E-state index contributed by atoms with van der Waals surface area (Å²) in [6.45, 7) is 2.23. The van der Waals surface area contributed by atoms with Gasteiger partial charge in [-0.25, -0.2) is 0 Å². The molecule has 0 spiro atoms. The maximum absolute atomic E-state index is 6.38. The van der Waals surface area contributed by atoms with Crippen molar-refractivity contribution in [2.75, 3.05) is 13.1 Å². The van der Waals surface area contributed by atoms with Crippen molar-refractivity contribution in [1.82, 2.24) is 25.5 Å². The lowest BCUT2D eigenvalue weighted by Crippen LogP contribution is -2.47. The molecule has 2 saturated heterocycles. The van der Waals surface area contributed by atoms with Gasteiger partial charge in [0, 0.05) is 12.6 Å². The average molecular weight is 194 g/mol. The highest BCUT2D eigenvalue weighted by Crippen LogP contribution is 2.39. The highest BCUT2D eigenvalue weighted by atomic mass is 15.5. The molecule has 3 heterocycles. The number of rotatable bonds is 1. The fraction of sp³-hybridized carbons (Fsp3) is 0.875. The van der Waals surface area contributed by atoms with Crippen LogP contribution in [0, 0.1) is 0 Å². The van der Waals surface area contributed by atoms with Gasteiger partial charge in [0.2, 0.25) is 0 Å². The molecule has 14 heavy (non-hydrogen) atoms. The zero-order valence-corrected chi connectivity index (χ0v) is 7.98. The number of hydrogen-bond acceptors (Lipinski definition) is 5. The molecule has 3 N–H and O–H groups in total. The van der Waals surface area contributed by atoms with Crippen LogP contribution >= 0.6 is 0 Å². The Morgan fingerprint density at radius 3 is 3.21 bits per heavy atom. The average Bonchev–Trinajstić information content (AvgIpc) is 2.84. The van der Waals surface area contributed by atoms with Crippen LogP contribution in [0.5, 0.6) is 0 Å². The maximum atomic E-state index is 6.38. The van der Waals surface area contributed by atoms with Crippen LogP contribution in [-0.4, -0.2) is 44.7 Å². The van der Waals surface area contributed by atoms with E-state index in [-0.39, 0.29) is 5.54 Å². The molecule has 2 atom stereocenters. The third-order valence-corrected chi connectivity index (χ3v) is 3.53. The second-order valence-electron chi connectivity index (χ2n) is 4.22. The fourth-order valence-corrected chi connectivity index (χ4v) is 2.79. The molecule has 3 rings (SSSR count). The summed E-state index contributed by atoms with van der Waals surface area (Å²) in [4.78, 5) is 2.44. The Labute approximate surface area is 81.8 Å². The Bertz CT molecular complexity index is 323. The van der Waals surface area contributed by atoms with Crippen molar-refractivity contribution in [3.05, 3.63) is 5.82 Å². The van der Waals surface area contributed by atoms with Gasteiger partial charge in [-0.1, -0.05) is 5.21 Å². The van der Waals surface area contributed by atoms with E-state index < -0.39 is 0 Å². The fourth-order valence-electron chi connectivity index (χ4n) is 2.79. The molecule has 2 fully saturated rings. The Balaban J connectivity index is 1.97. The predicted octanol–water partition coefficient (Wildman–Crippen LogP) is -0.778. The van der Waals surface area contributed by atoms with Gasteiger partial charge in [-0.05, 0) is 25.8 Å². The predicted molar refractivity (Wildman–Crippen MR) is 49.3 cm³/mol. The first-order valence-corrected chi connectivity index (χ1v) is 5.07. The van der Waals surface area contributed by atoms with E-state index in [2.05, 4.69) is 25.5 Å². The van der Waals surface area contributed by atoms with E-state index in [0.717, 1.165) is 19.4 Å². The molecule has 2 aliphatic heterocycles. The molecule has 2 aliphatic rings. The number of fused-ring (bicyclic) bond motifs is 1. The van der Waals surface area contributed by atoms with E-state index in [1.165, 1.54) is 13.0 Å². The number of aromatic nitrogens is 4. The first-order chi connectivity index (χ1) is 6.81. The van der Waals surface area contributed by atoms with Crippen LogP contribution in [-0.2, 0) is 5.54 Å². The van der Waals surface area contributed by atoms with Crippen molar-refractivity contribution < 1.29 is 0 Å². The highest BCUT2D eigenvalue weighted by Gasteiger charge is 2.50. The smallest absolute Gasteiger partial charge is 0.195 e. The number of H-pyrrole nitrogens is 1. The topological polar surface area (TPSA) is 83.7 Å². The SMILES string of the molecule is NC1(c2nn[nH]n2)CCN2CCCC21. The number of nitrogens with two attached hydrogens (primary N) is 1. The molecule has 6 nitrogen and oxygen atoms in total. The molecule has 0 bridgehead atoms. The Morgan fingerprint density at radius 1 is 1.50 bits per heavy atom. The lowest BCUT2D eigenvalue weighted by molar-refractivity contribution is 0.258. The Morgan fingerprint density at radius 2 is 2.43 bits per heavy atom. The van der Waals surface area contributed by atoms with Gasteiger partial charge in [-0.3, -0.25) is 4.90 Å². The molecule has 6 heteroatoms. The van der Waals surface area contributed by atoms with Crippen molar-refractivity contribution >= 4 is 0 Å². The first-order valence-electron chi connectivity index (χ1n) is 5.07. The van der Waals surface area contributed by atoms with E-state index in [9.17, 15) is 0 Å². The summed E-state index contributed by atoms with van der Waals surface area (Å²) in [5, 5.41) is 14.1. The second kappa shape index (κ2) is 2.74. The van der Waals surface area contributed by atoms with E-state index in [1.54, 1.807) is 0 Å². The van der Waals surface area contributed by atoms with Crippen molar-refractivity contribution in [1.29, 1.82) is 0 Å². The third-order valence-electron chi connectivity index (χ3n) is 3.53. The zero-order valence-electron chi connectivity index (χ0n) is 7.98. The highest BCUT2D eigenvalue weighted by molar-refractivity contribution is 5.14. The number of nitrogens with zero attached hydrogens (tertiary/aromatic N) is 4. The van der Waals surface area contributed by atoms with Crippen LogP contribution in [0.25, 0.3) is 0 Å². The van der Waals surface area contributed by atoms with Gasteiger partial charge in [0.15, 0.2) is 5.82 Å². The third kappa shape index (κ3) is 0.949. The number of hydrogen-bond donors (Lipinski definition) is 2. The number of tetrazole rings is 1. The minimum atomic E-state index is -0.372. The molecule has 76 valence electrons. The number of aromatic amines is 1. The normalized spacial score (nSPS) is 37.6. The van der Waals surface area contributed by atoms with Gasteiger partial charge in [0.25, 0.3) is 0 Å². The largest absolute Gasteiger partial charge is 0.317 e. The standard InChI is InChI=1S/C8H14N6/c9-8(7-10-12-13-11-7)3-5-14-4-1-2-6(8)14/h6H,1-5,9H2,(H,10,11,12,13). The summed E-state index contributed by atoms with van der Waals surface area (Å²) in [6.07, 6.45) is 3.34. The van der Waals surface area contributed by atoms with Gasteiger partial charge in [-0.2, -0.15) is 5.21 Å².